The molecule has 0 heterocycles. The number of unbranched alkanes of at least 4 members (excludes halogenated alkanes) is 1. The Morgan fingerprint density at radius 3 is 2.50 bits per heavy atom. The number of hydrogen-bond acceptors (Lipinski definition) is 1. The van der Waals surface area contributed by atoms with Crippen LogP contribution in [-0.4, -0.2) is 45.9 Å². The summed E-state index contributed by atoms with van der Waals surface area (Å²) < 4.78 is 0.684. The van der Waals surface area contributed by atoms with E-state index in [0.29, 0.717) is 4.32 Å². The molecule has 58 valence electrons. The molecule has 0 bridgehead atoms. The largest absolute Gasteiger partial charge is 2.00 e. The van der Waals surface area contributed by atoms with Crippen LogP contribution in [0.1, 0.15) is 22.6 Å². The van der Waals surface area contributed by atoms with Gasteiger partial charge in [0, 0.05) is 13.6 Å². The summed E-state index contributed by atoms with van der Waals surface area (Å²) in [5.41, 5.74) is 0. The average Bonchev–Trinajstić information content (AvgIpc) is 1.82. The molecular weight excluding hydrogens is 175 g/mol. The molecule has 0 aromatic rings. The van der Waals surface area contributed by atoms with E-state index in [1.165, 1.54) is 12.8 Å². The normalized spacial score (nSPS) is 8.30. The van der Waals surface area contributed by atoms with E-state index in [1.807, 2.05) is 11.9 Å². The topological polar surface area (TPSA) is 3.24 Å². The molecule has 0 aliphatic carbocycles. The predicted octanol–water partition coefficient (Wildman–Crippen LogP) is 1.78. The fourth-order valence-corrected chi connectivity index (χ4v) is 0.682. The first kappa shape index (κ1) is 13.6. The van der Waals surface area contributed by atoms with E-state index in [2.05, 4.69) is 19.6 Å². The van der Waals surface area contributed by atoms with Crippen molar-refractivity contribution in [2.45, 2.75) is 19.8 Å². The third-order valence-electron chi connectivity index (χ3n) is 1.17. The van der Waals surface area contributed by atoms with Gasteiger partial charge < -0.3 is 7.75 Å². The molecule has 0 rings (SSSR count). The quantitative estimate of drug-likeness (QED) is 0.410. The predicted molar refractivity (Wildman–Crippen MR) is 57.1 cm³/mol. The second-order valence-corrected chi connectivity index (χ2v) is 3.17. The van der Waals surface area contributed by atoms with E-state index in [4.69, 9.17) is 12.2 Å². The summed E-state index contributed by atoms with van der Waals surface area (Å²) >= 11 is 8.84. The third-order valence-corrected chi connectivity index (χ3v) is 1.83. The second-order valence-electron chi connectivity index (χ2n) is 2.06. The molecule has 0 spiro atoms. The van der Waals surface area contributed by atoms with Gasteiger partial charge in [0.05, 0.1) is 0 Å². The molecule has 0 atom stereocenters. The molecule has 0 saturated carbocycles. The molecule has 10 heavy (non-hydrogen) atoms. The summed E-state index contributed by atoms with van der Waals surface area (Å²) in [5.74, 6) is 0. The Hall–Kier alpha value is 1.01. The van der Waals surface area contributed by atoms with Crippen molar-refractivity contribution in [3.05, 3.63) is 0 Å². The Morgan fingerprint density at radius 2 is 2.20 bits per heavy atom. The van der Waals surface area contributed by atoms with Gasteiger partial charge in [-0.05, 0) is 6.42 Å². The molecule has 0 saturated heterocycles. The Kier molecular flexibility index (Phi) is 11.0. The van der Waals surface area contributed by atoms with Crippen molar-refractivity contribution in [2.75, 3.05) is 13.6 Å². The minimum atomic E-state index is 0. The molecule has 0 aliphatic rings. The number of hydrogen-bond donors (Lipinski definition) is 1. The van der Waals surface area contributed by atoms with Crippen molar-refractivity contribution < 1.29 is 2.85 Å². The van der Waals surface area contributed by atoms with Gasteiger partial charge in [-0.25, -0.2) is 0 Å². The summed E-state index contributed by atoms with van der Waals surface area (Å²) in [4.78, 5) is 1.97. The fourth-order valence-electron chi connectivity index (χ4n) is 0.491. The molecule has 0 aromatic heterocycles. The first-order valence-electron chi connectivity index (χ1n) is 3.12. The van der Waals surface area contributed by atoms with Crippen LogP contribution in [0.15, 0.2) is 0 Å². The summed E-state index contributed by atoms with van der Waals surface area (Å²) in [6.45, 7) is 3.19. The minimum Gasteiger partial charge on any atom is -1.00 e. The van der Waals surface area contributed by atoms with Crippen LogP contribution in [0.2, 0.25) is 0 Å². The Balaban J connectivity index is -0.000000107. The molecule has 0 fully saturated rings. The fraction of sp³-hybridized carbons (Fsp3) is 0.833. The van der Waals surface area contributed by atoms with Gasteiger partial charge in [0.15, 0.2) is 0 Å². The Bertz CT molecular complexity index is 106. The van der Waals surface area contributed by atoms with Crippen molar-refractivity contribution in [3.63, 3.8) is 0 Å². The maximum atomic E-state index is 4.82. The monoisotopic (exact) mass is 189 g/mol. The van der Waals surface area contributed by atoms with Crippen LogP contribution in [-0.2, 0) is 0 Å². The van der Waals surface area contributed by atoms with E-state index >= 15 is 0 Å². The van der Waals surface area contributed by atoms with Crippen LogP contribution in [0.5, 0.6) is 0 Å². The van der Waals surface area contributed by atoms with Gasteiger partial charge in [-0.15, -0.1) is 12.6 Å². The maximum Gasteiger partial charge on any atom is 2.00 e. The van der Waals surface area contributed by atoms with Crippen molar-refractivity contribution in [3.8, 4) is 0 Å². The zero-order chi connectivity index (χ0) is 7.28. The van der Waals surface area contributed by atoms with Gasteiger partial charge in [0.1, 0.15) is 4.32 Å². The molecule has 0 amide bonds. The van der Waals surface area contributed by atoms with E-state index in [0.717, 1.165) is 6.54 Å². The molecule has 0 radical (unpaired) electrons. The Labute approximate surface area is 93.1 Å². The van der Waals surface area contributed by atoms with E-state index in [-0.39, 0.29) is 25.9 Å². The van der Waals surface area contributed by atoms with Gasteiger partial charge in [0.25, 0.3) is 0 Å². The minimum absolute atomic E-state index is 0. The maximum absolute atomic E-state index is 4.82. The molecule has 0 unspecified atom stereocenters. The number of rotatable bonds is 3. The van der Waals surface area contributed by atoms with Gasteiger partial charge >= 0.3 is 23.1 Å². The van der Waals surface area contributed by atoms with Gasteiger partial charge in [-0.3, -0.25) is 0 Å². The third kappa shape index (κ3) is 7.12. The van der Waals surface area contributed by atoms with Gasteiger partial charge in [0.2, 0.25) is 0 Å². The average molecular weight is 190 g/mol. The molecule has 0 N–H and O–H groups in total. The standard InChI is InChI=1S/C6H13NS2.Mg.2H/c1-3-4-5-7(2)6(8)9;;;/h3-5H2,1-2H3,(H,8,9);;;/q;+2;2*-1. The smallest absolute Gasteiger partial charge is 1.00 e. The first-order chi connectivity index (χ1) is 4.18. The van der Waals surface area contributed by atoms with E-state index in [9.17, 15) is 0 Å². The number of thiocarbonyl (C=S) groups is 1. The van der Waals surface area contributed by atoms with E-state index < -0.39 is 0 Å². The summed E-state index contributed by atoms with van der Waals surface area (Å²) in [6, 6.07) is 0. The molecule has 0 aliphatic heterocycles. The second kappa shape index (κ2) is 8.11. The van der Waals surface area contributed by atoms with Crippen LogP contribution < -0.4 is 0 Å². The van der Waals surface area contributed by atoms with Crippen molar-refractivity contribution >= 4 is 52.2 Å². The zero-order valence-corrected chi connectivity index (χ0v) is 9.76. The van der Waals surface area contributed by atoms with Gasteiger partial charge in [-0.2, -0.15) is 0 Å². The van der Waals surface area contributed by atoms with Crippen LogP contribution in [0, 0.1) is 0 Å². The van der Waals surface area contributed by atoms with Crippen LogP contribution in [0.25, 0.3) is 0 Å². The summed E-state index contributed by atoms with van der Waals surface area (Å²) in [5, 5.41) is 0. The molecular formula is C6H15MgNS2. The zero-order valence-electron chi connectivity index (χ0n) is 8.63. The van der Waals surface area contributed by atoms with E-state index in [1.54, 1.807) is 0 Å². The summed E-state index contributed by atoms with van der Waals surface area (Å²) in [7, 11) is 1.96. The number of thiol groups is 1. The van der Waals surface area contributed by atoms with Crippen LogP contribution >= 0.6 is 24.8 Å². The molecule has 1 nitrogen and oxygen atoms in total. The van der Waals surface area contributed by atoms with Crippen molar-refractivity contribution in [2.24, 2.45) is 0 Å². The number of nitrogens with zero attached hydrogens (tertiary/aromatic N) is 1. The Morgan fingerprint density at radius 1 is 1.70 bits per heavy atom. The van der Waals surface area contributed by atoms with Crippen molar-refractivity contribution in [1.29, 1.82) is 0 Å². The first-order valence-corrected chi connectivity index (χ1v) is 3.98. The van der Waals surface area contributed by atoms with Crippen molar-refractivity contribution in [1.82, 2.24) is 4.90 Å². The van der Waals surface area contributed by atoms with Gasteiger partial charge in [-0.1, -0.05) is 25.6 Å². The van der Waals surface area contributed by atoms with Crippen LogP contribution in [0.4, 0.5) is 0 Å². The van der Waals surface area contributed by atoms with Crippen LogP contribution in [0.3, 0.4) is 0 Å². The molecule has 4 heteroatoms. The summed E-state index contributed by atoms with van der Waals surface area (Å²) in [6.07, 6.45) is 2.40. The molecule has 0 aromatic carbocycles. The SMILES string of the molecule is CCCCN(C)C(=S)S.[H-].[H-].[Mg+2].